The lowest BCUT2D eigenvalue weighted by atomic mass is 10.1. The van der Waals surface area contributed by atoms with Gasteiger partial charge in [-0.15, -0.1) is 0 Å². The number of benzene rings is 2. The van der Waals surface area contributed by atoms with Crippen LogP contribution < -0.4 is 14.8 Å². The van der Waals surface area contributed by atoms with Gasteiger partial charge in [-0.3, -0.25) is 4.79 Å². The number of aryl methyl sites for hydroxylation is 2. The van der Waals surface area contributed by atoms with E-state index in [2.05, 4.69) is 19.2 Å². The monoisotopic (exact) mass is 367 g/mol. The van der Waals surface area contributed by atoms with Crippen molar-refractivity contribution in [1.82, 2.24) is 0 Å². The summed E-state index contributed by atoms with van der Waals surface area (Å²) in [5.41, 5.74) is 3.91. The number of anilines is 1. The van der Waals surface area contributed by atoms with Crippen LogP contribution in [0.1, 0.15) is 37.0 Å². The number of carbonyl (C=O) groups is 1. The lowest BCUT2D eigenvalue weighted by Crippen LogP contribution is -2.09. The van der Waals surface area contributed by atoms with Gasteiger partial charge in [0, 0.05) is 11.8 Å². The molecule has 0 aliphatic carbocycles. The van der Waals surface area contributed by atoms with Gasteiger partial charge in [0.1, 0.15) is 0 Å². The van der Waals surface area contributed by atoms with Gasteiger partial charge in [0.05, 0.1) is 13.7 Å². The Morgan fingerprint density at radius 3 is 2.56 bits per heavy atom. The van der Waals surface area contributed by atoms with E-state index in [0.29, 0.717) is 18.3 Å². The Morgan fingerprint density at radius 1 is 1.11 bits per heavy atom. The molecule has 0 aromatic heterocycles. The maximum atomic E-state index is 12.2. The number of ether oxygens (including phenoxy) is 2. The second kappa shape index (κ2) is 9.81. The molecule has 0 aliphatic rings. The first-order chi connectivity index (χ1) is 12.9. The van der Waals surface area contributed by atoms with Crippen molar-refractivity contribution in [3.63, 3.8) is 0 Å². The van der Waals surface area contributed by atoms with Gasteiger partial charge in [0.15, 0.2) is 11.5 Å². The van der Waals surface area contributed by atoms with Crippen molar-refractivity contribution >= 4 is 17.7 Å². The van der Waals surface area contributed by atoms with E-state index >= 15 is 0 Å². The molecule has 2 aromatic carbocycles. The van der Waals surface area contributed by atoms with Gasteiger partial charge in [-0.2, -0.15) is 0 Å². The van der Waals surface area contributed by atoms with Crippen molar-refractivity contribution in [3.05, 3.63) is 59.2 Å². The molecule has 4 nitrogen and oxygen atoms in total. The summed E-state index contributed by atoms with van der Waals surface area (Å²) in [6, 6.07) is 11.6. The third-order valence-electron chi connectivity index (χ3n) is 4.21. The third kappa shape index (κ3) is 6.48. The molecule has 0 saturated heterocycles. The highest BCUT2D eigenvalue weighted by Crippen LogP contribution is 2.29. The molecule has 144 valence electrons. The molecule has 2 rings (SSSR count). The first-order valence-electron chi connectivity index (χ1n) is 9.26. The van der Waals surface area contributed by atoms with Crippen molar-refractivity contribution in [3.8, 4) is 11.5 Å². The maximum absolute atomic E-state index is 12.2. The zero-order valence-electron chi connectivity index (χ0n) is 16.8. The normalized spacial score (nSPS) is 11.0. The van der Waals surface area contributed by atoms with Crippen molar-refractivity contribution in [2.75, 3.05) is 19.0 Å². The summed E-state index contributed by atoms with van der Waals surface area (Å²) >= 11 is 0. The van der Waals surface area contributed by atoms with Gasteiger partial charge in [-0.1, -0.05) is 37.6 Å². The van der Waals surface area contributed by atoms with Crippen LogP contribution in [0.25, 0.3) is 6.08 Å². The molecule has 2 aromatic rings. The van der Waals surface area contributed by atoms with Crippen molar-refractivity contribution in [1.29, 1.82) is 0 Å². The second-order valence-electron chi connectivity index (χ2n) is 7.08. The van der Waals surface area contributed by atoms with E-state index in [0.717, 1.165) is 29.0 Å². The van der Waals surface area contributed by atoms with E-state index in [1.807, 2.05) is 50.2 Å². The Labute approximate surface area is 162 Å². The Kier molecular flexibility index (Phi) is 7.47. The summed E-state index contributed by atoms with van der Waals surface area (Å²) in [7, 11) is 1.62. The Bertz CT molecular complexity index is 809. The molecule has 0 radical (unpaired) electrons. The molecular formula is C23H29NO3. The van der Waals surface area contributed by atoms with E-state index in [4.69, 9.17) is 9.47 Å². The second-order valence-corrected chi connectivity index (χ2v) is 7.08. The van der Waals surface area contributed by atoms with E-state index in [-0.39, 0.29) is 5.91 Å². The number of hydrogen-bond donors (Lipinski definition) is 1. The Hall–Kier alpha value is -2.75. The highest BCUT2D eigenvalue weighted by atomic mass is 16.5. The third-order valence-corrected chi connectivity index (χ3v) is 4.21. The molecule has 0 fully saturated rings. The lowest BCUT2D eigenvalue weighted by molar-refractivity contribution is -0.111. The van der Waals surface area contributed by atoms with Crippen LogP contribution in [0.2, 0.25) is 0 Å². The predicted molar refractivity (Wildman–Crippen MR) is 112 cm³/mol. The SMILES string of the molecule is COc1cc(/C=C/C(=O)Nc2ccc(C)cc2C)ccc1OCCC(C)C. The molecule has 4 heteroatoms. The number of methoxy groups -OCH3 is 1. The summed E-state index contributed by atoms with van der Waals surface area (Å²) in [5, 5.41) is 2.90. The zero-order valence-corrected chi connectivity index (χ0v) is 16.8. The largest absolute Gasteiger partial charge is 0.493 e. The van der Waals surface area contributed by atoms with Crippen LogP contribution in [-0.2, 0) is 4.79 Å². The fraction of sp³-hybridized carbons (Fsp3) is 0.348. The van der Waals surface area contributed by atoms with Crippen LogP contribution in [0.3, 0.4) is 0 Å². The van der Waals surface area contributed by atoms with Crippen molar-refractivity contribution < 1.29 is 14.3 Å². The van der Waals surface area contributed by atoms with E-state index in [9.17, 15) is 4.79 Å². The smallest absolute Gasteiger partial charge is 0.248 e. The van der Waals surface area contributed by atoms with Gasteiger partial charge >= 0.3 is 0 Å². The molecule has 0 bridgehead atoms. The van der Waals surface area contributed by atoms with Crippen LogP contribution in [0.15, 0.2) is 42.5 Å². The molecule has 0 heterocycles. The van der Waals surface area contributed by atoms with E-state index < -0.39 is 0 Å². The highest BCUT2D eigenvalue weighted by molar-refractivity contribution is 6.02. The van der Waals surface area contributed by atoms with Crippen molar-refractivity contribution in [2.24, 2.45) is 5.92 Å². The summed E-state index contributed by atoms with van der Waals surface area (Å²) in [5.74, 6) is 1.80. The van der Waals surface area contributed by atoms with Gasteiger partial charge < -0.3 is 14.8 Å². The lowest BCUT2D eigenvalue weighted by Gasteiger charge is -2.12. The van der Waals surface area contributed by atoms with Gasteiger partial charge in [0.2, 0.25) is 5.91 Å². The Balaban J connectivity index is 2.01. The highest BCUT2D eigenvalue weighted by Gasteiger charge is 2.06. The predicted octanol–water partition coefficient (Wildman–Crippen LogP) is 5.39. The van der Waals surface area contributed by atoms with Crippen LogP contribution in [-0.4, -0.2) is 19.6 Å². The summed E-state index contributed by atoms with van der Waals surface area (Å²) in [6.45, 7) is 8.99. The minimum Gasteiger partial charge on any atom is -0.493 e. The summed E-state index contributed by atoms with van der Waals surface area (Å²) in [6.07, 6.45) is 4.27. The number of rotatable bonds is 8. The molecule has 0 saturated carbocycles. The van der Waals surface area contributed by atoms with Crippen LogP contribution in [0, 0.1) is 19.8 Å². The topological polar surface area (TPSA) is 47.6 Å². The van der Waals surface area contributed by atoms with Crippen LogP contribution in [0.4, 0.5) is 5.69 Å². The van der Waals surface area contributed by atoms with Gasteiger partial charge in [0.25, 0.3) is 0 Å². The number of amides is 1. The zero-order chi connectivity index (χ0) is 19.8. The van der Waals surface area contributed by atoms with Gasteiger partial charge in [-0.25, -0.2) is 0 Å². The minimum absolute atomic E-state index is 0.168. The molecule has 1 amide bonds. The fourth-order valence-electron chi connectivity index (χ4n) is 2.61. The van der Waals surface area contributed by atoms with Crippen LogP contribution >= 0.6 is 0 Å². The average Bonchev–Trinajstić information content (AvgIpc) is 2.62. The maximum Gasteiger partial charge on any atom is 0.248 e. The quantitative estimate of drug-likeness (QED) is 0.637. The van der Waals surface area contributed by atoms with E-state index in [1.54, 1.807) is 13.2 Å². The van der Waals surface area contributed by atoms with Crippen molar-refractivity contribution in [2.45, 2.75) is 34.1 Å². The fourth-order valence-corrected chi connectivity index (χ4v) is 2.61. The number of hydrogen-bond acceptors (Lipinski definition) is 3. The first-order valence-corrected chi connectivity index (χ1v) is 9.26. The molecule has 0 spiro atoms. The Morgan fingerprint density at radius 2 is 1.89 bits per heavy atom. The van der Waals surface area contributed by atoms with Crippen LogP contribution in [0.5, 0.6) is 11.5 Å². The van der Waals surface area contributed by atoms with E-state index in [1.165, 1.54) is 11.6 Å². The average molecular weight is 367 g/mol. The minimum atomic E-state index is -0.168. The summed E-state index contributed by atoms with van der Waals surface area (Å²) in [4.78, 5) is 12.2. The standard InChI is InChI=1S/C23H29NO3/c1-16(2)12-13-27-21-10-7-19(15-22(21)26-5)8-11-23(25)24-20-9-6-17(3)14-18(20)4/h6-11,14-16H,12-13H2,1-5H3,(H,24,25)/b11-8+. The molecule has 27 heavy (non-hydrogen) atoms. The summed E-state index contributed by atoms with van der Waals surface area (Å²) < 4.78 is 11.2. The molecular weight excluding hydrogens is 338 g/mol. The molecule has 0 unspecified atom stereocenters. The first kappa shape index (κ1) is 20.6. The molecule has 1 N–H and O–H groups in total. The number of nitrogens with one attached hydrogen (secondary N) is 1. The molecule has 0 atom stereocenters. The molecule has 0 aliphatic heterocycles. The number of carbonyl (C=O) groups excluding carboxylic acids is 1. The van der Waals surface area contributed by atoms with Gasteiger partial charge in [-0.05, 0) is 61.6 Å².